The van der Waals surface area contributed by atoms with Crippen LogP contribution < -0.4 is 0 Å². The molecule has 0 aliphatic rings. The second-order valence-electron chi connectivity index (χ2n) is 7.23. The molecule has 0 aliphatic heterocycles. The molecule has 0 radical (unpaired) electrons. The molecule has 0 N–H and O–H groups in total. The Kier molecular flexibility index (Phi) is 7.45. The average Bonchev–Trinajstić information content (AvgIpc) is 2.49. The van der Waals surface area contributed by atoms with Crippen molar-refractivity contribution in [2.24, 2.45) is 5.16 Å². The zero-order valence-corrected chi connectivity index (χ0v) is 18.0. The quantitative estimate of drug-likeness (QED) is 0.314. The zero-order chi connectivity index (χ0) is 19.3. The van der Waals surface area contributed by atoms with Crippen LogP contribution in [0.2, 0.25) is 16.6 Å². The van der Waals surface area contributed by atoms with Gasteiger partial charge in [-0.1, -0.05) is 77.0 Å². The van der Waals surface area contributed by atoms with E-state index in [1.54, 1.807) is 0 Å². The van der Waals surface area contributed by atoms with E-state index < -0.39 is 18.2 Å². The Hall–Kier alpha value is -1.58. The molecule has 1 rings (SSSR count). The van der Waals surface area contributed by atoms with Crippen LogP contribution in [0.5, 0.6) is 0 Å². The van der Waals surface area contributed by atoms with Crippen LogP contribution in [0.25, 0.3) is 0 Å². The lowest BCUT2D eigenvalue weighted by molar-refractivity contribution is 0.344. The summed E-state index contributed by atoms with van der Waals surface area (Å²) in [7, 11) is -5.62. The molecule has 0 saturated heterocycles. The molecule has 1 aromatic rings. The SMILES string of the molecule is CC(C)[Si](C#C/C(=N\OS(C)(=O)=O)c1ccccc1)(C(C)C)C(C)C. The highest BCUT2D eigenvalue weighted by molar-refractivity contribution is 7.85. The van der Waals surface area contributed by atoms with Crippen LogP contribution in [-0.4, -0.2) is 28.5 Å². The summed E-state index contributed by atoms with van der Waals surface area (Å²) in [5.41, 5.74) is 6.09. The van der Waals surface area contributed by atoms with Crippen molar-refractivity contribution >= 4 is 23.9 Å². The highest BCUT2D eigenvalue weighted by atomic mass is 32.2. The van der Waals surface area contributed by atoms with Gasteiger partial charge >= 0.3 is 10.1 Å². The van der Waals surface area contributed by atoms with Gasteiger partial charge in [0.25, 0.3) is 0 Å². The van der Waals surface area contributed by atoms with Gasteiger partial charge in [-0.2, -0.15) is 8.42 Å². The Morgan fingerprint density at radius 2 is 1.48 bits per heavy atom. The Morgan fingerprint density at radius 3 is 1.88 bits per heavy atom. The van der Waals surface area contributed by atoms with Crippen molar-refractivity contribution < 1.29 is 12.7 Å². The minimum absolute atomic E-state index is 0.352. The summed E-state index contributed by atoms with van der Waals surface area (Å²) >= 11 is 0. The molecule has 0 fully saturated rings. The summed E-state index contributed by atoms with van der Waals surface area (Å²) in [6.07, 6.45) is 0.974. The lowest BCUT2D eigenvalue weighted by Gasteiger charge is -2.38. The normalized spacial score (nSPS) is 13.1. The maximum Gasteiger partial charge on any atom is 0.325 e. The third kappa shape index (κ3) is 5.72. The first-order valence-electron chi connectivity index (χ1n) is 8.56. The molecule has 0 aromatic heterocycles. The molecule has 0 atom stereocenters. The summed E-state index contributed by atoms with van der Waals surface area (Å²) in [6, 6.07) is 9.32. The molecule has 0 unspecified atom stereocenters. The fourth-order valence-corrected chi connectivity index (χ4v) is 8.86. The number of hydrogen-bond donors (Lipinski definition) is 0. The van der Waals surface area contributed by atoms with Gasteiger partial charge in [-0.3, -0.25) is 4.28 Å². The molecule has 138 valence electrons. The third-order valence-corrected chi connectivity index (χ3v) is 11.2. The smallest absolute Gasteiger partial charge is 0.267 e. The maximum atomic E-state index is 11.3. The largest absolute Gasteiger partial charge is 0.325 e. The fourth-order valence-electron chi connectivity index (χ4n) is 3.45. The van der Waals surface area contributed by atoms with E-state index in [1.165, 1.54) is 0 Å². The minimum Gasteiger partial charge on any atom is -0.267 e. The predicted octanol–water partition coefficient (Wildman–Crippen LogP) is 4.59. The molecule has 0 saturated carbocycles. The van der Waals surface area contributed by atoms with Crippen molar-refractivity contribution in [2.45, 2.75) is 58.2 Å². The zero-order valence-electron chi connectivity index (χ0n) is 16.2. The van der Waals surface area contributed by atoms with Crippen LogP contribution >= 0.6 is 0 Å². The van der Waals surface area contributed by atoms with Crippen molar-refractivity contribution in [3.05, 3.63) is 35.9 Å². The van der Waals surface area contributed by atoms with E-state index in [0.29, 0.717) is 22.3 Å². The number of benzene rings is 1. The third-order valence-electron chi connectivity index (χ3n) is 4.57. The second kappa shape index (κ2) is 8.68. The van der Waals surface area contributed by atoms with Crippen LogP contribution in [0.15, 0.2) is 35.5 Å². The van der Waals surface area contributed by atoms with Crippen LogP contribution in [0.3, 0.4) is 0 Å². The second-order valence-corrected chi connectivity index (χ2v) is 14.4. The lowest BCUT2D eigenvalue weighted by atomic mass is 10.1. The Morgan fingerprint density at radius 1 is 1.00 bits per heavy atom. The van der Waals surface area contributed by atoms with Gasteiger partial charge < -0.3 is 0 Å². The highest BCUT2D eigenvalue weighted by Gasteiger charge is 2.41. The molecular weight excluding hydrogens is 350 g/mol. The Balaban J connectivity index is 3.46. The van der Waals surface area contributed by atoms with E-state index in [-0.39, 0.29) is 0 Å². The molecule has 4 nitrogen and oxygen atoms in total. The van der Waals surface area contributed by atoms with Crippen molar-refractivity contribution in [3.8, 4) is 11.5 Å². The van der Waals surface area contributed by atoms with Crippen LogP contribution in [0, 0.1) is 11.5 Å². The van der Waals surface area contributed by atoms with Crippen molar-refractivity contribution in [3.63, 3.8) is 0 Å². The first-order valence-corrected chi connectivity index (χ1v) is 12.6. The molecule has 1 aromatic carbocycles. The maximum absolute atomic E-state index is 11.3. The van der Waals surface area contributed by atoms with Gasteiger partial charge in [0.1, 0.15) is 8.07 Å². The van der Waals surface area contributed by atoms with Crippen molar-refractivity contribution in [1.82, 2.24) is 0 Å². The molecule has 0 spiro atoms. The van der Waals surface area contributed by atoms with Gasteiger partial charge in [-0.05, 0) is 22.5 Å². The number of oxime groups is 1. The number of hydrogen-bond acceptors (Lipinski definition) is 4. The average molecular weight is 380 g/mol. The lowest BCUT2D eigenvalue weighted by Crippen LogP contribution is -2.43. The van der Waals surface area contributed by atoms with Gasteiger partial charge in [-0.25, -0.2) is 0 Å². The topological polar surface area (TPSA) is 55.7 Å². The summed E-state index contributed by atoms with van der Waals surface area (Å²) in [4.78, 5) is 0. The molecule has 0 heterocycles. The Labute approximate surface area is 153 Å². The van der Waals surface area contributed by atoms with E-state index in [9.17, 15) is 8.42 Å². The fraction of sp³-hybridized carbons (Fsp3) is 0.526. The minimum atomic E-state index is -3.67. The van der Waals surface area contributed by atoms with Crippen molar-refractivity contribution in [1.29, 1.82) is 0 Å². The van der Waals surface area contributed by atoms with Gasteiger partial charge in [0.2, 0.25) is 0 Å². The van der Waals surface area contributed by atoms with Gasteiger partial charge in [0, 0.05) is 5.56 Å². The van der Waals surface area contributed by atoms with E-state index in [2.05, 4.69) is 62.4 Å². The first kappa shape index (κ1) is 21.5. The summed E-state index contributed by atoms with van der Waals surface area (Å²) < 4.78 is 27.3. The first-order chi connectivity index (χ1) is 11.5. The highest BCUT2D eigenvalue weighted by Crippen LogP contribution is 2.40. The predicted molar refractivity (Wildman–Crippen MR) is 108 cm³/mol. The van der Waals surface area contributed by atoms with Crippen molar-refractivity contribution in [2.75, 3.05) is 6.26 Å². The molecule has 6 heteroatoms. The van der Waals surface area contributed by atoms with Crippen LogP contribution in [0.4, 0.5) is 0 Å². The monoisotopic (exact) mass is 379 g/mol. The summed E-state index contributed by atoms with van der Waals surface area (Å²) in [6.45, 7) is 13.4. The van der Waals surface area contributed by atoms with Gasteiger partial charge in [-0.15, -0.1) is 5.54 Å². The Bertz CT molecular complexity index is 735. The van der Waals surface area contributed by atoms with E-state index in [0.717, 1.165) is 11.8 Å². The number of rotatable bonds is 6. The summed E-state index contributed by atoms with van der Waals surface area (Å²) in [5, 5.41) is 3.82. The summed E-state index contributed by atoms with van der Waals surface area (Å²) in [5.74, 6) is 3.17. The van der Waals surface area contributed by atoms with E-state index in [4.69, 9.17) is 0 Å². The molecule has 0 bridgehead atoms. The molecule has 25 heavy (non-hydrogen) atoms. The van der Waals surface area contributed by atoms with Crippen LogP contribution in [0.1, 0.15) is 47.1 Å². The number of nitrogens with zero attached hydrogens (tertiary/aromatic N) is 1. The standard InChI is InChI=1S/C19H29NO3SSi/c1-15(2)25(16(3)4,17(5)6)14-13-19(20-23-24(7,21)22)18-11-9-8-10-12-18/h8-12,15-17H,1-7H3/b20-19+. The van der Waals surface area contributed by atoms with Crippen LogP contribution in [-0.2, 0) is 14.4 Å². The van der Waals surface area contributed by atoms with Gasteiger partial charge in [0.15, 0.2) is 5.71 Å². The van der Waals surface area contributed by atoms with E-state index in [1.807, 2.05) is 30.3 Å². The molecular formula is C19H29NO3SSi. The van der Waals surface area contributed by atoms with E-state index >= 15 is 0 Å². The molecule has 0 aliphatic carbocycles. The van der Waals surface area contributed by atoms with Gasteiger partial charge in [0.05, 0.1) is 6.26 Å². The molecule has 0 amide bonds.